The minimum atomic E-state index is -0.211. The Labute approximate surface area is 195 Å². The van der Waals surface area contributed by atoms with Crippen molar-refractivity contribution in [1.29, 1.82) is 5.41 Å². The minimum absolute atomic E-state index is 0.211. The molecule has 176 valence electrons. The molecule has 2 aromatic rings. The Morgan fingerprint density at radius 2 is 2.00 bits per heavy atom. The molecule has 0 spiro atoms. The van der Waals surface area contributed by atoms with Crippen LogP contribution in [0.25, 0.3) is 16.6 Å². The molecule has 0 atom stereocenters. The third-order valence-electron chi connectivity index (χ3n) is 6.68. The number of fused-ring (bicyclic) bond motifs is 1. The molecule has 0 aromatic carbocycles. The monoisotopic (exact) mass is 450 g/mol. The van der Waals surface area contributed by atoms with E-state index in [1.54, 1.807) is 12.3 Å². The number of pyridine rings is 2. The lowest BCUT2D eigenvalue weighted by Crippen LogP contribution is -2.86. The second kappa shape index (κ2) is 11.3. The average Bonchev–Trinajstić information content (AvgIpc) is 3.33. The van der Waals surface area contributed by atoms with Crippen molar-refractivity contribution in [2.24, 2.45) is 0 Å². The first-order chi connectivity index (χ1) is 16.1. The summed E-state index contributed by atoms with van der Waals surface area (Å²) in [5.74, 6) is 0.503. The Bertz CT molecular complexity index is 991. The highest BCUT2D eigenvalue weighted by Gasteiger charge is 2.20. The standard InChI is InChI=1S/C25H35N7O/c1-2-11-32-12-9-20(10-13-32)27-17-19(15-26)18-14-23-22(28-16-18)7-8-24(30-23)31-25(33)29-21-5-3-4-6-21/h7-8,14-17,20-21,26-27H,2-6,9-13H2,1H3,(H2,29,30,31,33)/p+1. The maximum Gasteiger partial charge on any atom is 0.320 e. The number of allylic oxidation sites excluding steroid dienone is 1. The number of piperidine rings is 1. The molecular weight excluding hydrogens is 414 g/mol. The Balaban J connectivity index is 1.41. The summed E-state index contributed by atoms with van der Waals surface area (Å²) in [6.07, 6.45) is 13.2. The normalized spacial score (nSPS) is 18.5. The zero-order valence-electron chi connectivity index (χ0n) is 19.5. The molecule has 1 saturated heterocycles. The highest BCUT2D eigenvalue weighted by Crippen LogP contribution is 2.20. The van der Waals surface area contributed by atoms with Gasteiger partial charge in [0.1, 0.15) is 12.0 Å². The van der Waals surface area contributed by atoms with E-state index >= 15 is 0 Å². The Hall–Kier alpha value is -2.84. The summed E-state index contributed by atoms with van der Waals surface area (Å²) in [5.41, 5.74) is 3.14. The molecule has 3 heterocycles. The first kappa shape index (κ1) is 23.3. The van der Waals surface area contributed by atoms with Gasteiger partial charge in [0, 0.05) is 49.9 Å². The van der Waals surface area contributed by atoms with E-state index in [4.69, 9.17) is 5.41 Å². The van der Waals surface area contributed by atoms with Gasteiger partial charge in [-0.25, -0.2) is 9.78 Å². The van der Waals surface area contributed by atoms with Crippen LogP contribution in [0.5, 0.6) is 0 Å². The molecule has 0 unspecified atom stereocenters. The predicted molar refractivity (Wildman–Crippen MR) is 132 cm³/mol. The van der Waals surface area contributed by atoms with Crippen LogP contribution in [-0.2, 0) is 0 Å². The topological polar surface area (TPSA) is 111 Å². The van der Waals surface area contributed by atoms with Gasteiger partial charge in [0.2, 0.25) is 0 Å². The number of hydrogen-bond donors (Lipinski definition) is 4. The van der Waals surface area contributed by atoms with Gasteiger partial charge in [-0.05, 0) is 44.0 Å². The zero-order valence-corrected chi connectivity index (χ0v) is 19.5. The summed E-state index contributed by atoms with van der Waals surface area (Å²) in [6, 6.07) is 6.17. The molecule has 2 fully saturated rings. The first-order valence-corrected chi connectivity index (χ1v) is 12.3. The maximum atomic E-state index is 12.3. The maximum absolute atomic E-state index is 12.3. The molecule has 0 bridgehead atoms. The fraction of sp³-hybridized carbons (Fsp3) is 0.520. The summed E-state index contributed by atoms with van der Waals surface area (Å²) in [5, 5.41) is 16.0. The average molecular weight is 451 g/mol. The molecule has 8 heteroatoms. The summed E-state index contributed by atoms with van der Waals surface area (Å²) >= 11 is 0. The number of carbonyl (C=O) groups is 1. The zero-order chi connectivity index (χ0) is 23.0. The summed E-state index contributed by atoms with van der Waals surface area (Å²) in [4.78, 5) is 23.9. The van der Waals surface area contributed by atoms with Gasteiger partial charge >= 0.3 is 6.03 Å². The number of nitrogens with two attached hydrogens (primary N) is 1. The molecule has 2 amide bonds. The summed E-state index contributed by atoms with van der Waals surface area (Å²) in [6.45, 7) is 5.71. The van der Waals surface area contributed by atoms with E-state index in [1.807, 2.05) is 18.3 Å². The van der Waals surface area contributed by atoms with E-state index in [2.05, 4.69) is 37.7 Å². The number of carbonyl (C=O) groups excluding carboxylic acids is 1. The Morgan fingerprint density at radius 1 is 1.21 bits per heavy atom. The van der Waals surface area contributed by atoms with Crippen molar-refractivity contribution in [3.8, 4) is 0 Å². The van der Waals surface area contributed by atoms with E-state index in [-0.39, 0.29) is 12.1 Å². The molecule has 33 heavy (non-hydrogen) atoms. The van der Waals surface area contributed by atoms with Crippen LogP contribution in [0, 0.1) is 5.41 Å². The number of amides is 2. The van der Waals surface area contributed by atoms with Crippen LogP contribution in [0.3, 0.4) is 0 Å². The highest BCUT2D eigenvalue weighted by atomic mass is 16.2. The first-order valence-electron chi connectivity index (χ1n) is 12.3. The van der Waals surface area contributed by atoms with Gasteiger partial charge in [0.05, 0.1) is 22.6 Å². The van der Waals surface area contributed by atoms with Crippen molar-refractivity contribution in [3.05, 3.63) is 36.2 Å². The molecule has 2 aromatic heterocycles. The molecule has 2 aliphatic rings. The second-order valence-electron chi connectivity index (χ2n) is 9.18. The van der Waals surface area contributed by atoms with Gasteiger partial charge in [-0.2, -0.15) is 0 Å². The lowest BCUT2D eigenvalue weighted by Gasteiger charge is -2.29. The van der Waals surface area contributed by atoms with Crippen LogP contribution in [0.2, 0.25) is 0 Å². The van der Waals surface area contributed by atoms with E-state index < -0.39 is 0 Å². The Kier molecular flexibility index (Phi) is 8.01. The van der Waals surface area contributed by atoms with Crippen LogP contribution >= 0.6 is 0 Å². The number of likely N-dealkylation sites (tertiary alicyclic amines) is 1. The Morgan fingerprint density at radius 3 is 2.73 bits per heavy atom. The summed E-state index contributed by atoms with van der Waals surface area (Å²) in [7, 11) is 0. The van der Waals surface area contributed by atoms with Crippen molar-refractivity contribution < 1.29 is 10.1 Å². The van der Waals surface area contributed by atoms with Crippen LogP contribution in [0.1, 0.15) is 57.4 Å². The van der Waals surface area contributed by atoms with Gasteiger partial charge in [0.25, 0.3) is 0 Å². The fourth-order valence-corrected chi connectivity index (χ4v) is 4.79. The van der Waals surface area contributed by atoms with Crippen molar-refractivity contribution in [2.45, 2.75) is 64.0 Å². The molecule has 8 nitrogen and oxygen atoms in total. The minimum Gasteiger partial charge on any atom is -0.335 e. The number of nitrogens with zero attached hydrogens (tertiary/aromatic N) is 3. The van der Waals surface area contributed by atoms with Crippen LogP contribution in [-0.4, -0.2) is 58.8 Å². The third kappa shape index (κ3) is 6.36. The highest BCUT2D eigenvalue weighted by molar-refractivity contribution is 6.08. The molecule has 1 saturated carbocycles. The third-order valence-corrected chi connectivity index (χ3v) is 6.68. The molecule has 1 aliphatic heterocycles. The van der Waals surface area contributed by atoms with Gasteiger partial charge in [-0.3, -0.25) is 10.3 Å². The van der Waals surface area contributed by atoms with Crippen LogP contribution < -0.4 is 16.0 Å². The van der Waals surface area contributed by atoms with Gasteiger partial charge < -0.3 is 20.9 Å². The SMILES string of the molecule is CCCN1CCC([NH2+]C=C(C=N)c2cnc3ccc(NC(=O)NC4CCCC4)nc3c2)CC1. The van der Waals surface area contributed by atoms with E-state index in [1.165, 1.54) is 32.0 Å². The number of hydrogen-bond acceptors (Lipinski definition) is 5. The molecule has 4 rings (SSSR count). The van der Waals surface area contributed by atoms with Gasteiger partial charge in [-0.1, -0.05) is 19.8 Å². The van der Waals surface area contributed by atoms with E-state index in [9.17, 15) is 4.79 Å². The van der Waals surface area contributed by atoms with Crippen LogP contribution in [0.15, 0.2) is 30.6 Å². The number of quaternary nitrogens is 1. The second-order valence-corrected chi connectivity index (χ2v) is 9.18. The fourth-order valence-electron chi connectivity index (χ4n) is 4.79. The lowest BCUT2D eigenvalue weighted by molar-refractivity contribution is -0.628. The number of anilines is 1. The molecule has 1 aliphatic carbocycles. The predicted octanol–water partition coefficient (Wildman–Crippen LogP) is 3.12. The van der Waals surface area contributed by atoms with Crippen LogP contribution in [0.4, 0.5) is 10.6 Å². The van der Waals surface area contributed by atoms with Crippen molar-refractivity contribution >= 4 is 34.7 Å². The number of nitrogens with one attached hydrogen (secondary N) is 3. The van der Waals surface area contributed by atoms with E-state index in [0.29, 0.717) is 17.4 Å². The number of urea groups is 1. The molecular formula is C25H36N7O+. The quantitative estimate of drug-likeness (QED) is 0.463. The number of aromatic nitrogens is 2. The number of rotatable bonds is 8. The van der Waals surface area contributed by atoms with E-state index in [0.717, 1.165) is 55.4 Å². The van der Waals surface area contributed by atoms with Crippen molar-refractivity contribution in [2.75, 3.05) is 25.0 Å². The van der Waals surface area contributed by atoms with Gasteiger partial charge in [0.15, 0.2) is 0 Å². The molecule has 5 N–H and O–H groups in total. The van der Waals surface area contributed by atoms with Crippen molar-refractivity contribution in [1.82, 2.24) is 20.2 Å². The smallest absolute Gasteiger partial charge is 0.320 e. The molecule has 0 radical (unpaired) electrons. The van der Waals surface area contributed by atoms with Gasteiger partial charge in [-0.15, -0.1) is 0 Å². The largest absolute Gasteiger partial charge is 0.335 e. The lowest BCUT2D eigenvalue weighted by atomic mass is 10.0. The summed E-state index contributed by atoms with van der Waals surface area (Å²) < 4.78 is 0. The van der Waals surface area contributed by atoms with Crippen molar-refractivity contribution in [3.63, 3.8) is 0 Å².